The number of nitrogens with zero attached hydrogens (tertiary/aromatic N) is 2. The Morgan fingerprint density at radius 1 is 1.05 bits per heavy atom. The normalized spacial score (nSPS) is 11.1. The second kappa shape index (κ2) is 5.72. The summed E-state index contributed by atoms with van der Waals surface area (Å²) in [5.74, 6) is 0.786. The van der Waals surface area contributed by atoms with E-state index in [-0.39, 0.29) is 5.82 Å². The van der Waals surface area contributed by atoms with E-state index in [2.05, 4.69) is 24.0 Å². The molecule has 3 rings (SSSR count). The molecule has 1 heterocycles. The Hall–Kier alpha value is -2.49. The van der Waals surface area contributed by atoms with Crippen LogP contribution in [0.25, 0.3) is 22.2 Å². The van der Waals surface area contributed by atoms with E-state index in [4.69, 9.17) is 4.74 Å². The molecular formula is C18H17FN2O. The fourth-order valence-corrected chi connectivity index (χ4v) is 2.44. The molecular weight excluding hydrogens is 279 g/mol. The zero-order valence-corrected chi connectivity index (χ0v) is 12.8. The van der Waals surface area contributed by atoms with Gasteiger partial charge in [-0.3, -0.25) is 0 Å². The van der Waals surface area contributed by atoms with E-state index in [9.17, 15) is 4.39 Å². The number of methoxy groups -OCH3 is 1. The first-order chi connectivity index (χ1) is 10.6. The number of rotatable bonds is 3. The first-order valence-electron chi connectivity index (χ1n) is 7.20. The van der Waals surface area contributed by atoms with Gasteiger partial charge in [-0.2, -0.15) is 0 Å². The summed E-state index contributed by atoms with van der Waals surface area (Å²) in [6.07, 6.45) is 0. The van der Waals surface area contributed by atoms with Gasteiger partial charge in [0.1, 0.15) is 11.6 Å². The summed E-state index contributed by atoms with van der Waals surface area (Å²) in [5, 5.41) is 9.26. The van der Waals surface area contributed by atoms with E-state index in [1.165, 1.54) is 6.07 Å². The summed E-state index contributed by atoms with van der Waals surface area (Å²) in [6.45, 7) is 4.23. The Morgan fingerprint density at radius 3 is 2.50 bits per heavy atom. The van der Waals surface area contributed by atoms with Crippen molar-refractivity contribution in [2.45, 2.75) is 19.8 Å². The number of fused-ring (bicyclic) bond motifs is 1. The molecule has 0 spiro atoms. The maximum atomic E-state index is 13.9. The highest BCUT2D eigenvalue weighted by molar-refractivity contribution is 5.88. The molecule has 0 amide bonds. The third-order valence-corrected chi connectivity index (χ3v) is 3.73. The number of hydrogen-bond donors (Lipinski definition) is 0. The lowest BCUT2D eigenvalue weighted by Crippen LogP contribution is -1.96. The van der Waals surface area contributed by atoms with Crippen LogP contribution in [-0.2, 0) is 0 Å². The highest BCUT2D eigenvalue weighted by Crippen LogP contribution is 2.32. The number of halogens is 1. The minimum absolute atomic E-state index is 0.311. The van der Waals surface area contributed by atoms with E-state index in [0.717, 1.165) is 22.2 Å². The van der Waals surface area contributed by atoms with Gasteiger partial charge < -0.3 is 4.74 Å². The largest absolute Gasteiger partial charge is 0.496 e. The van der Waals surface area contributed by atoms with Crippen molar-refractivity contribution in [3.63, 3.8) is 0 Å². The summed E-state index contributed by atoms with van der Waals surface area (Å²) >= 11 is 0. The van der Waals surface area contributed by atoms with Crippen molar-refractivity contribution in [1.82, 2.24) is 10.2 Å². The topological polar surface area (TPSA) is 35.0 Å². The van der Waals surface area contributed by atoms with Gasteiger partial charge in [-0.15, -0.1) is 10.2 Å². The highest BCUT2D eigenvalue weighted by Gasteiger charge is 2.12. The second-order valence-corrected chi connectivity index (χ2v) is 5.52. The predicted octanol–water partition coefficient (Wildman–Crippen LogP) is 4.57. The second-order valence-electron chi connectivity index (χ2n) is 5.52. The standard InChI is InChI=1S/C18H17FN2O/c1-11(2)12-8-16-14(18(9-12)22-3)10-17(21-20-16)13-6-4-5-7-15(13)19/h4-11H,1-3H3. The number of ether oxygens (including phenoxy) is 1. The fraction of sp³-hybridized carbons (Fsp3) is 0.222. The van der Waals surface area contributed by atoms with E-state index in [0.29, 0.717) is 17.2 Å². The summed E-state index contributed by atoms with van der Waals surface area (Å²) in [7, 11) is 1.63. The number of hydrogen-bond acceptors (Lipinski definition) is 3. The maximum absolute atomic E-state index is 13.9. The Morgan fingerprint density at radius 2 is 1.82 bits per heavy atom. The summed E-state index contributed by atoms with van der Waals surface area (Å²) < 4.78 is 19.4. The van der Waals surface area contributed by atoms with Crippen LogP contribution >= 0.6 is 0 Å². The molecule has 4 heteroatoms. The summed E-state index contributed by atoms with van der Waals surface area (Å²) in [6, 6.07) is 12.4. The number of benzene rings is 2. The molecule has 3 nitrogen and oxygen atoms in total. The molecule has 0 saturated carbocycles. The first kappa shape index (κ1) is 14.4. The van der Waals surface area contributed by atoms with Crippen LogP contribution in [0.1, 0.15) is 25.3 Å². The average Bonchev–Trinajstić information content (AvgIpc) is 2.53. The fourth-order valence-electron chi connectivity index (χ4n) is 2.44. The molecule has 0 aliphatic carbocycles. The quantitative estimate of drug-likeness (QED) is 0.710. The molecule has 0 bridgehead atoms. The van der Waals surface area contributed by atoms with E-state index >= 15 is 0 Å². The summed E-state index contributed by atoms with van der Waals surface area (Å²) in [5.41, 5.74) is 2.83. The van der Waals surface area contributed by atoms with Crippen molar-refractivity contribution in [1.29, 1.82) is 0 Å². The van der Waals surface area contributed by atoms with Crippen molar-refractivity contribution < 1.29 is 9.13 Å². The van der Waals surface area contributed by atoms with Crippen LogP contribution in [0.3, 0.4) is 0 Å². The van der Waals surface area contributed by atoms with Crippen LogP contribution in [0, 0.1) is 5.82 Å². The van der Waals surface area contributed by atoms with E-state index in [1.54, 1.807) is 25.3 Å². The Kier molecular flexibility index (Phi) is 3.75. The predicted molar refractivity (Wildman–Crippen MR) is 85.6 cm³/mol. The highest BCUT2D eigenvalue weighted by atomic mass is 19.1. The first-order valence-corrected chi connectivity index (χ1v) is 7.20. The van der Waals surface area contributed by atoms with Crippen molar-refractivity contribution in [3.8, 4) is 17.0 Å². The smallest absolute Gasteiger partial charge is 0.132 e. The minimum atomic E-state index is -0.311. The SMILES string of the molecule is COc1cc(C(C)C)cc2nnc(-c3ccccc3F)cc12. The van der Waals surface area contributed by atoms with Gasteiger partial charge in [-0.05, 0) is 41.8 Å². The lowest BCUT2D eigenvalue weighted by molar-refractivity contribution is 0.419. The van der Waals surface area contributed by atoms with Crippen LogP contribution in [-0.4, -0.2) is 17.3 Å². The van der Waals surface area contributed by atoms with Gasteiger partial charge in [0, 0.05) is 10.9 Å². The third-order valence-electron chi connectivity index (χ3n) is 3.73. The maximum Gasteiger partial charge on any atom is 0.132 e. The molecule has 0 atom stereocenters. The Balaban J connectivity index is 2.22. The zero-order valence-electron chi connectivity index (χ0n) is 12.8. The van der Waals surface area contributed by atoms with Crippen LogP contribution in [0.5, 0.6) is 5.75 Å². The van der Waals surface area contributed by atoms with Gasteiger partial charge in [0.25, 0.3) is 0 Å². The molecule has 2 aromatic carbocycles. The Bertz CT molecular complexity index is 830. The molecule has 1 aromatic heterocycles. The average molecular weight is 296 g/mol. The van der Waals surface area contributed by atoms with Crippen molar-refractivity contribution in [2.75, 3.05) is 7.11 Å². The van der Waals surface area contributed by atoms with E-state index < -0.39 is 0 Å². The lowest BCUT2D eigenvalue weighted by Gasteiger charge is -2.12. The van der Waals surface area contributed by atoms with Gasteiger partial charge in [0.2, 0.25) is 0 Å². The van der Waals surface area contributed by atoms with E-state index in [1.807, 2.05) is 18.2 Å². The number of aromatic nitrogens is 2. The van der Waals surface area contributed by atoms with Gasteiger partial charge in [-0.1, -0.05) is 26.0 Å². The molecule has 22 heavy (non-hydrogen) atoms. The minimum Gasteiger partial charge on any atom is -0.496 e. The zero-order chi connectivity index (χ0) is 15.7. The lowest BCUT2D eigenvalue weighted by atomic mass is 10.00. The molecule has 0 saturated heterocycles. The van der Waals surface area contributed by atoms with Gasteiger partial charge >= 0.3 is 0 Å². The van der Waals surface area contributed by atoms with Crippen LogP contribution in [0.2, 0.25) is 0 Å². The molecule has 0 aliphatic rings. The van der Waals surface area contributed by atoms with Crippen LogP contribution in [0.15, 0.2) is 42.5 Å². The van der Waals surface area contributed by atoms with Crippen molar-refractivity contribution in [2.24, 2.45) is 0 Å². The van der Waals surface area contributed by atoms with Crippen molar-refractivity contribution >= 4 is 10.9 Å². The molecule has 0 aliphatic heterocycles. The Labute approximate surface area is 128 Å². The van der Waals surface area contributed by atoms with Crippen LogP contribution < -0.4 is 4.74 Å². The third kappa shape index (κ3) is 2.52. The molecule has 0 fully saturated rings. The molecule has 3 aromatic rings. The van der Waals surface area contributed by atoms with Gasteiger partial charge in [0.05, 0.1) is 18.3 Å². The van der Waals surface area contributed by atoms with Gasteiger partial charge in [-0.25, -0.2) is 4.39 Å². The summed E-state index contributed by atoms with van der Waals surface area (Å²) in [4.78, 5) is 0. The molecule has 0 unspecified atom stereocenters. The van der Waals surface area contributed by atoms with Crippen molar-refractivity contribution in [3.05, 3.63) is 53.8 Å². The molecule has 0 radical (unpaired) electrons. The van der Waals surface area contributed by atoms with Gasteiger partial charge in [0.15, 0.2) is 0 Å². The monoisotopic (exact) mass is 296 g/mol. The molecule has 0 N–H and O–H groups in total. The van der Waals surface area contributed by atoms with Crippen LogP contribution in [0.4, 0.5) is 4.39 Å². The molecule has 112 valence electrons.